The van der Waals surface area contributed by atoms with Gasteiger partial charge in [-0.15, -0.1) is 0 Å². The second-order valence-electron chi connectivity index (χ2n) is 22.8. The molecule has 0 aliphatic carbocycles. The fraction of sp³-hybridized carbons (Fsp3) is 0.909. The van der Waals surface area contributed by atoms with E-state index in [9.17, 15) is 44.1 Å². The van der Waals surface area contributed by atoms with Gasteiger partial charge in [0.25, 0.3) is 0 Å². The van der Waals surface area contributed by atoms with Crippen LogP contribution in [0.4, 0.5) is 0 Å². The third-order valence-corrected chi connectivity index (χ3v) is 16.1. The normalized spacial score (nSPS) is 13.4. The molecule has 0 heterocycles. The summed E-state index contributed by atoms with van der Waals surface area (Å²) in [5, 5.41) is 33.4. The molecule has 76 heavy (non-hydrogen) atoms. The molecule has 0 aromatic heterocycles. The number of ketones is 3. The standard InChI is InChI=1S/3C22H42O3.Al/c3*1-4-6-7-8-9-10-11-12-13-14-15-16-17-18-20(5-2)21(19(3)23)22(24)25;/h3*20-21H,4-18H2,1-3H3,(H,24,25);/q;;;+3/p-3. The Morgan fingerprint density at radius 2 is 0.382 bits per heavy atom. The molecule has 0 saturated carbocycles. The second kappa shape index (κ2) is 60.6. The average molecular weight is 1090 g/mol. The molecular formula is C66H123AlO9. The Balaban J connectivity index is -0.000000508. The van der Waals surface area contributed by atoms with Crippen LogP contribution in [0.5, 0.6) is 0 Å². The fourth-order valence-corrected chi connectivity index (χ4v) is 11.2. The quantitative estimate of drug-likeness (QED) is 0.0326. The maximum atomic E-state index is 11.5. The van der Waals surface area contributed by atoms with Crippen LogP contribution in [0.2, 0.25) is 0 Å². The van der Waals surface area contributed by atoms with Gasteiger partial charge in [0.1, 0.15) is 17.3 Å². The Bertz CT molecular complexity index is 1140. The van der Waals surface area contributed by atoms with Crippen LogP contribution in [0, 0.1) is 35.5 Å². The minimum Gasteiger partial charge on any atom is -0.549 e. The van der Waals surface area contributed by atoms with Crippen LogP contribution >= 0.6 is 0 Å². The van der Waals surface area contributed by atoms with E-state index in [2.05, 4.69) is 20.8 Å². The summed E-state index contributed by atoms with van der Waals surface area (Å²) in [6.45, 7) is 16.8. The zero-order chi connectivity index (χ0) is 56.7. The van der Waals surface area contributed by atoms with Crippen molar-refractivity contribution in [1.82, 2.24) is 0 Å². The number of rotatable bonds is 54. The summed E-state index contributed by atoms with van der Waals surface area (Å²) in [6, 6.07) is 0. The van der Waals surface area contributed by atoms with Crippen molar-refractivity contribution >= 4 is 52.6 Å². The number of unbranched alkanes of at least 4 members (excludes halogenated alkanes) is 36. The van der Waals surface area contributed by atoms with Crippen LogP contribution in [0.25, 0.3) is 0 Å². The van der Waals surface area contributed by atoms with E-state index in [0.29, 0.717) is 0 Å². The maximum absolute atomic E-state index is 11.5. The summed E-state index contributed by atoms with van der Waals surface area (Å²) in [5.41, 5.74) is 0. The van der Waals surface area contributed by atoms with Crippen molar-refractivity contribution in [2.75, 3.05) is 0 Å². The molecular weight excluding hydrogens is 964 g/mol. The van der Waals surface area contributed by atoms with Gasteiger partial charge in [0.15, 0.2) is 0 Å². The molecule has 0 spiro atoms. The summed E-state index contributed by atoms with van der Waals surface area (Å²) in [5.74, 6) is -7.31. The van der Waals surface area contributed by atoms with Crippen molar-refractivity contribution < 1.29 is 44.1 Å². The zero-order valence-electron chi connectivity index (χ0n) is 51.5. The average Bonchev–Trinajstić information content (AvgIpc) is 3.36. The number of hydrogen-bond donors (Lipinski definition) is 0. The summed E-state index contributed by atoms with van der Waals surface area (Å²) in [7, 11) is 0. The molecule has 0 amide bonds. The van der Waals surface area contributed by atoms with Crippen molar-refractivity contribution in [2.45, 2.75) is 351 Å². The van der Waals surface area contributed by atoms with Gasteiger partial charge in [0, 0.05) is 0 Å². The molecule has 0 fully saturated rings. The van der Waals surface area contributed by atoms with E-state index in [1.807, 2.05) is 20.8 Å². The number of carbonyl (C=O) groups excluding carboxylic acids is 6. The van der Waals surface area contributed by atoms with Gasteiger partial charge >= 0.3 is 17.4 Å². The van der Waals surface area contributed by atoms with Crippen molar-refractivity contribution in [2.24, 2.45) is 35.5 Å². The zero-order valence-corrected chi connectivity index (χ0v) is 52.7. The van der Waals surface area contributed by atoms with E-state index in [4.69, 9.17) is 0 Å². The molecule has 0 rings (SSSR count). The van der Waals surface area contributed by atoms with Crippen molar-refractivity contribution in [1.29, 1.82) is 0 Å². The first-order valence-corrected chi connectivity index (χ1v) is 32.3. The smallest absolute Gasteiger partial charge is 0.549 e. The van der Waals surface area contributed by atoms with Gasteiger partial charge < -0.3 is 29.7 Å². The van der Waals surface area contributed by atoms with Crippen molar-refractivity contribution in [3.05, 3.63) is 0 Å². The summed E-state index contributed by atoms with van der Waals surface area (Å²) in [4.78, 5) is 67.9. The fourth-order valence-electron chi connectivity index (χ4n) is 11.2. The molecule has 444 valence electrons. The predicted octanol–water partition coefficient (Wildman–Crippen LogP) is 16.0. The predicted molar refractivity (Wildman–Crippen MR) is 316 cm³/mol. The van der Waals surface area contributed by atoms with Crippen LogP contribution in [-0.2, 0) is 28.8 Å². The van der Waals surface area contributed by atoms with Crippen LogP contribution < -0.4 is 15.3 Å². The minimum atomic E-state index is -1.20. The van der Waals surface area contributed by atoms with Crippen LogP contribution in [0.3, 0.4) is 0 Å². The Morgan fingerprint density at radius 1 is 0.250 bits per heavy atom. The topological polar surface area (TPSA) is 172 Å². The number of carboxylic acids is 3. The summed E-state index contributed by atoms with van der Waals surface area (Å²) in [6.07, 6.45) is 55.7. The van der Waals surface area contributed by atoms with Gasteiger partial charge in [-0.3, -0.25) is 14.4 Å². The third-order valence-electron chi connectivity index (χ3n) is 16.1. The van der Waals surface area contributed by atoms with Crippen LogP contribution in [0.1, 0.15) is 351 Å². The molecule has 6 atom stereocenters. The van der Waals surface area contributed by atoms with Crippen molar-refractivity contribution in [3.8, 4) is 0 Å². The van der Waals surface area contributed by atoms with E-state index in [1.54, 1.807) is 0 Å². The van der Waals surface area contributed by atoms with Crippen molar-refractivity contribution in [3.63, 3.8) is 0 Å². The molecule has 10 heteroatoms. The number of carbonyl (C=O) groups is 6. The SMILES string of the molecule is CCCCCCCCCCCCCCCC(CC)C(C(C)=O)C(=O)[O-].CCCCCCCCCCCCCCCC(CC)C(C(C)=O)C(=O)[O-].CCCCCCCCCCCCCCCC(CC)C(C(C)=O)C(=O)[O-].[Al+3]. The van der Waals surface area contributed by atoms with E-state index in [-0.39, 0.29) is 52.5 Å². The molecule has 0 aromatic carbocycles. The first kappa shape index (κ1) is 80.4. The van der Waals surface area contributed by atoms with Gasteiger partial charge in [-0.05, 0) is 57.8 Å². The Labute approximate surface area is 481 Å². The van der Waals surface area contributed by atoms with Gasteiger partial charge in [0.05, 0.1) is 35.7 Å². The van der Waals surface area contributed by atoms with Crippen LogP contribution in [0.15, 0.2) is 0 Å². The van der Waals surface area contributed by atoms with E-state index < -0.39 is 35.7 Å². The van der Waals surface area contributed by atoms with Crippen LogP contribution in [-0.4, -0.2) is 52.6 Å². The first-order valence-electron chi connectivity index (χ1n) is 32.3. The molecule has 0 aliphatic rings. The molecule has 6 unspecified atom stereocenters. The summed E-state index contributed by atoms with van der Waals surface area (Å²) >= 11 is 0. The molecule has 0 aliphatic heterocycles. The first-order chi connectivity index (χ1) is 36.1. The monoisotopic (exact) mass is 1090 g/mol. The molecule has 0 saturated heterocycles. The Hall–Kier alpha value is -2.05. The molecule has 0 N–H and O–H groups in total. The third kappa shape index (κ3) is 50.2. The Morgan fingerprint density at radius 3 is 0.487 bits per heavy atom. The number of aliphatic carboxylic acids is 3. The molecule has 0 bridgehead atoms. The van der Waals surface area contributed by atoms with Gasteiger partial charge in [-0.25, -0.2) is 0 Å². The number of carboxylic acid groups (broad SMARTS) is 3. The van der Waals surface area contributed by atoms with E-state index in [0.717, 1.165) is 77.0 Å². The maximum Gasteiger partial charge on any atom is 3.00 e. The van der Waals surface area contributed by atoms with E-state index in [1.165, 1.54) is 233 Å². The molecule has 9 nitrogen and oxygen atoms in total. The van der Waals surface area contributed by atoms with Gasteiger partial charge in [0.2, 0.25) is 0 Å². The minimum absolute atomic E-state index is 0. The number of Topliss-reactive ketones (excluding diaryl/α,β-unsaturated/α-hetero) is 3. The Kier molecular flexibility index (Phi) is 64.1. The second-order valence-corrected chi connectivity index (χ2v) is 22.8. The van der Waals surface area contributed by atoms with Gasteiger partial charge in [-0.2, -0.15) is 0 Å². The largest absolute Gasteiger partial charge is 3.00 e. The van der Waals surface area contributed by atoms with Gasteiger partial charge in [-0.1, -0.05) is 311 Å². The summed E-state index contributed by atoms with van der Waals surface area (Å²) < 4.78 is 0. The molecule has 0 aromatic rings. The molecule has 0 radical (unpaired) electrons. The number of hydrogen-bond acceptors (Lipinski definition) is 9. The van der Waals surface area contributed by atoms with E-state index >= 15 is 0 Å².